The molecule has 0 bridgehead atoms. The molecule has 1 N–H and O–H groups in total. The zero-order valence-electron chi connectivity index (χ0n) is 17.0. The lowest BCUT2D eigenvalue weighted by molar-refractivity contribution is 0.102. The third-order valence-corrected chi connectivity index (χ3v) is 5.17. The van der Waals surface area contributed by atoms with Crippen molar-refractivity contribution in [3.8, 4) is 5.88 Å². The van der Waals surface area contributed by atoms with E-state index >= 15 is 0 Å². The average Bonchev–Trinajstić information content (AvgIpc) is 2.80. The predicted molar refractivity (Wildman–Crippen MR) is 117 cm³/mol. The predicted octanol–water partition coefficient (Wildman–Crippen LogP) is 3.92. The zero-order valence-corrected chi connectivity index (χ0v) is 17.0. The van der Waals surface area contributed by atoms with Crippen molar-refractivity contribution in [2.24, 2.45) is 0 Å². The Morgan fingerprint density at radius 3 is 2.63 bits per heavy atom. The monoisotopic (exact) mass is 403 g/mol. The van der Waals surface area contributed by atoms with E-state index in [1.807, 2.05) is 24.3 Å². The molecule has 6 heteroatoms. The second-order valence-corrected chi connectivity index (χ2v) is 7.14. The number of benzene rings is 2. The maximum absolute atomic E-state index is 12.7. The molecule has 1 aliphatic rings. The second-order valence-electron chi connectivity index (χ2n) is 7.14. The minimum atomic E-state index is -0.199. The summed E-state index contributed by atoms with van der Waals surface area (Å²) < 4.78 is 10.6. The summed E-state index contributed by atoms with van der Waals surface area (Å²) in [5.41, 5.74) is 5.03. The fourth-order valence-electron chi connectivity index (χ4n) is 3.56. The number of hydrogen-bond acceptors (Lipinski definition) is 5. The summed E-state index contributed by atoms with van der Waals surface area (Å²) >= 11 is 0. The van der Waals surface area contributed by atoms with Gasteiger partial charge in [0.05, 0.1) is 6.61 Å². The van der Waals surface area contributed by atoms with Crippen LogP contribution in [-0.4, -0.2) is 37.8 Å². The van der Waals surface area contributed by atoms with Crippen molar-refractivity contribution in [1.82, 2.24) is 4.98 Å². The molecule has 2 aromatic carbocycles. The second kappa shape index (κ2) is 9.41. The van der Waals surface area contributed by atoms with Crippen molar-refractivity contribution in [1.29, 1.82) is 0 Å². The van der Waals surface area contributed by atoms with Gasteiger partial charge in [-0.05, 0) is 53.9 Å². The third-order valence-electron chi connectivity index (χ3n) is 5.17. The smallest absolute Gasteiger partial charge is 0.255 e. The van der Waals surface area contributed by atoms with E-state index < -0.39 is 0 Å². The van der Waals surface area contributed by atoms with Crippen molar-refractivity contribution < 1.29 is 14.3 Å². The number of amides is 1. The Morgan fingerprint density at radius 2 is 1.83 bits per heavy atom. The molecule has 1 aliphatic heterocycles. The largest absolute Gasteiger partial charge is 0.474 e. The van der Waals surface area contributed by atoms with Crippen LogP contribution in [0.15, 0.2) is 66.9 Å². The van der Waals surface area contributed by atoms with Crippen molar-refractivity contribution in [3.63, 3.8) is 0 Å². The number of anilines is 2. The zero-order chi connectivity index (χ0) is 20.8. The van der Waals surface area contributed by atoms with Crippen LogP contribution >= 0.6 is 0 Å². The van der Waals surface area contributed by atoms with Gasteiger partial charge in [0.1, 0.15) is 12.3 Å². The maximum atomic E-state index is 12.7. The molecule has 3 aromatic rings. The summed E-state index contributed by atoms with van der Waals surface area (Å²) in [6.07, 6.45) is 2.66. The van der Waals surface area contributed by atoms with Gasteiger partial charge in [-0.3, -0.25) is 4.79 Å². The number of ether oxygens (including phenoxy) is 2. The number of pyridine rings is 1. The number of fused-ring (bicyclic) bond motifs is 1. The number of methoxy groups -OCH3 is 1. The van der Waals surface area contributed by atoms with Crippen LogP contribution in [0.2, 0.25) is 0 Å². The number of hydrogen-bond donors (Lipinski definition) is 1. The highest BCUT2D eigenvalue weighted by Gasteiger charge is 2.17. The quantitative estimate of drug-likeness (QED) is 0.606. The SMILES string of the molecule is COCCOc1ncccc1NC(=O)c1ccc(N2CCc3ccccc3C2)cc1. The molecule has 4 rings (SSSR count). The Labute approximate surface area is 176 Å². The number of nitrogens with one attached hydrogen (secondary N) is 1. The normalized spacial score (nSPS) is 12.9. The van der Waals surface area contributed by atoms with Crippen LogP contribution in [0.3, 0.4) is 0 Å². The highest BCUT2D eigenvalue weighted by atomic mass is 16.5. The van der Waals surface area contributed by atoms with Gasteiger partial charge >= 0.3 is 0 Å². The van der Waals surface area contributed by atoms with Crippen LogP contribution in [0.25, 0.3) is 0 Å². The number of rotatable bonds is 7. The number of carbonyl (C=O) groups is 1. The van der Waals surface area contributed by atoms with Gasteiger partial charge in [0.2, 0.25) is 5.88 Å². The summed E-state index contributed by atoms with van der Waals surface area (Å²) in [6, 6.07) is 19.8. The lowest BCUT2D eigenvalue weighted by Crippen LogP contribution is -2.30. The van der Waals surface area contributed by atoms with Crippen molar-refractivity contribution in [2.45, 2.75) is 13.0 Å². The Bertz CT molecular complexity index is 1000. The number of aromatic nitrogens is 1. The molecule has 6 nitrogen and oxygen atoms in total. The molecular weight excluding hydrogens is 378 g/mol. The minimum Gasteiger partial charge on any atom is -0.474 e. The van der Waals surface area contributed by atoms with Crippen LogP contribution in [0.4, 0.5) is 11.4 Å². The third kappa shape index (κ3) is 4.60. The van der Waals surface area contributed by atoms with Gasteiger partial charge in [-0.1, -0.05) is 24.3 Å². The average molecular weight is 403 g/mol. The summed E-state index contributed by atoms with van der Waals surface area (Å²) in [7, 11) is 1.61. The van der Waals surface area contributed by atoms with Crippen LogP contribution in [-0.2, 0) is 17.7 Å². The van der Waals surface area contributed by atoms with Gasteiger partial charge < -0.3 is 19.7 Å². The summed E-state index contributed by atoms with van der Waals surface area (Å²) in [5.74, 6) is 0.182. The van der Waals surface area contributed by atoms with Gasteiger partial charge in [0.25, 0.3) is 5.91 Å². The first-order valence-corrected chi connectivity index (χ1v) is 10.0. The van der Waals surface area contributed by atoms with Crippen molar-refractivity contribution in [3.05, 3.63) is 83.6 Å². The molecule has 1 amide bonds. The molecule has 30 heavy (non-hydrogen) atoms. The Kier molecular flexibility index (Phi) is 6.25. The lowest BCUT2D eigenvalue weighted by Gasteiger charge is -2.30. The van der Waals surface area contributed by atoms with E-state index in [0.717, 1.165) is 25.2 Å². The molecule has 154 valence electrons. The first kappa shape index (κ1) is 19.9. The highest BCUT2D eigenvalue weighted by molar-refractivity contribution is 6.05. The maximum Gasteiger partial charge on any atom is 0.255 e. The van der Waals surface area contributed by atoms with Gasteiger partial charge in [-0.25, -0.2) is 4.98 Å². The molecule has 0 unspecified atom stereocenters. The molecule has 0 spiro atoms. The molecule has 0 atom stereocenters. The standard InChI is InChI=1S/C24H25N3O3/c1-29-15-16-30-24-22(7-4-13-25-24)26-23(28)19-8-10-21(11-9-19)27-14-12-18-5-2-3-6-20(18)17-27/h2-11,13H,12,14-17H2,1H3,(H,26,28). The molecule has 0 radical (unpaired) electrons. The molecule has 0 saturated heterocycles. The van der Waals surface area contributed by atoms with Gasteiger partial charge in [-0.2, -0.15) is 0 Å². The van der Waals surface area contributed by atoms with Gasteiger partial charge in [0.15, 0.2) is 0 Å². The van der Waals surface area contributed by atoms with Crippen molar-refractivity contribution in [2.75, 3.05) is 37.1 Å². The van der Waals surface area contributed by atoms with Crippen molar-refractivity contribution >= 4 is 17.3 Å². The van der Waals surface area contributed by atoms with Crippen LogP contribution < -0.4 is 15.0 Å². The summed E-state index contributed by atoms with van der Waals surface area (Å²) in [6.45, 7) is 2.68. The molecular formula is C24H25N3O3. The fraction of sp³-hybridized carbons (Fsp3) is 0.250. The molecule has 1 aromatic heterocycles. The lowest BCUT2D eigenvalue weighted by atomic mass is 9.99. The Morgan fingerprint density at radius 1 is 1.03 bits per heavy atom. The van der Waals surface area contributed by atoms with E-state index in [0.29, 0.717) is 30.3 Å². The highest BCUT2D eigenvalue weighted by Crippen LogP contribution is 2.25. The Hall–Kier alpha value is -3.38. The van der Waals surface area contributed by atoms with E-state index in [2.05, 4.69) is 39.5 Å². The number of nitrogens with zero attached hydrogens (tertiary/aromatic N) is 2. The fourth-order valence-corrected chi connectivity index (χ4v) is 3.56. The molecule has 0 fully saturated rings. The van der Waals surface area contributed by atoms with Gasteiger partial charge in [-0.15, -0.1) is 0 Å². The van der Waals surface area contributed by atoms with Crippen LogP contribution in [0.1, 0.15) is 21.5 Å². The first-order valence-electron chi connectivity index (χ1n) is 10.0. The summed E-state index contributed by atoms with van der Waals surface area (Å²) in [4.78, 5) is 19.2. The molecule has 0 saturated carbocycles. The first-order chi connectivity index (χ1) is 14.7. The van der Waals surface area contributed by atoms with E-state index in [1.165, 1.54) is 11.1 Å². The number of carbonyl (C=O) groups excluding carboxylic acids is 1. The van der Waals surface area contributed by atoms with E-state index in [-0.39, 0.29) is 5.91 Å². The summed E-state index contributed by atoms with van der Waals surface area (Å²) in [5, 5.41) is 2.88. The van der Waals surface area contributed by atoms with E-state index in [9.17, 15) is 4.79 Å². The van der Waals surface area contributed by atoms with Gasteiger partial charge in [0, 0.05) is 37.6 Å². The van der Waals surface area contributed by atoms with Crippen LogP contribution in [0.5, 0.6) is 5.88 Å². The topological polar surface area (TPSA) is 63.7 Å². The Balaban J connectivity index is 1.42. The molecule has 0 aliphatic carbocycles. The molecule has 2 heterocycles. The van der Waals surface area contributed by atoms with E-state index in [1.54, 1.807) is 25.4 Å². The van der Waals surface area contributed by atoms with E-state index in [4.69, 9.17) is 9.47 Å². The minimum absolute atomic E-state index is 0.199. The van der Waals surface area contributed by atoms with Crippen LogP contribution in [0, 0.1) is 0 Å².